The maximum absolute atomic E-state index is 11.8. The van der Waals surface area contributed by atoms with Crippen LogP contribution < -0.4 is 10.1 Å². The molecule has 2 rings (SSSR count). The third-order valence-corrected chi connectivity index (χ3v) is 4.42. The van der Waals surface area contributed by atoms with Crippen LogP contribution in [0.2, 0.25) is 5.02 Å². The molecule has 0 bridgehead atoms. The zero-order chi connectivity index (χ0) is 18.1. The lowest BCUT2D eigenvalue weighted by atomic mass is 9.97. The van der Waals surface area contributed by atoms with E-state index in [9.17, 15) is 4.79 Å². The summed E-state index contributed by atoms with van der Waals surface area (Å²) >= 11 is 6.06. The fraction of sp³-hybridized carbons (Fsp3) is 0.556. The molecule has 1 fully saturated rings. The molecule has 0 atom stereocenters. The number of benzene rings is 1. The Morgan fingerprint density at radius 1 is 1.36 bits per heavy atom. The molecule has 1 aromatic carbocycles. The van der Waals surface area contributed by atoms with Crippen molar-refractivity contribution in [2.75, 3.05) is 39.9 Å². The largest absolute Gasteiger partial charge is 0.490 e. The summed E-state index contributed by atoms with van der Waals surface area (Å²) in [7, 11) is 1.76. The molecular formula is C18H26ClN3O3. The number of ether oxygens (including phenoxy) is 2. The number of guanidine groups is 1. The number of nitrogens with zero attached hydrogens (tertiary/aromatic N) is 2. The number of carbonyl (C=O) groups is 1. The summed E-state index contributed by atoms with van der Waals surface area (Å²) in [5, 5.41) is 3.89. The Morgan fingerprint density at radius 3 is 2.72 bits per heavy atom. The number of aliphatic imine (C=N–C) groups is 1. The lowest BCUT2D eigenvalue weighted by Gasteiger charge is -2.33. The first-order chi connectivity index (χ1) is 12.2. The Bertz CT molecular complexity index is 587. The molecule has 1 aromatic rings. The maximum atomic E-state index is 11.8. The van der Waals surface area contributed by atoms with Crippen LogP contribution in [0.3, 0.4) is 0 Å². The van der Waals surface area contributed by atoms with Gasteiger partial charge in [-0.3, -0.25) is 9.79 Å². The molecule has 0 spiro atoms. The fourth-order valence-electron chi connectivity index (χ4n) is 2.80. The number of piperidine rings is 1. The molecule has 1 aliphatic heterocycles. The van der Waals surface area contributed by atoms with Crippen LogP contribution in [0.15, 0.2) is 29.3 Å². The van der Waals surface area contributed by atoms with Crippen LogP contribution in [0.4, 0.5) is 0 Å². The second-order valence-electron chi connectivity index (χ2n) is 5.77. The minimum atomic E-state index is -0.0850. The SMILES string of the molecule is CCOC(=O)C1CCN(C(=NC)NCCOc2ccccc2Cl)CC1. The number of halogens is 1. The van der Waals surface area contributed by atoms with Gasteiger partial charge in [0.2, 0.25) is 0 Å². The molecule has 1 aliphatic rings. The van der Waals surface area contributed by atoms with E-state index in [0.717, 1.165) is 31.9 Å². The van der Waals surface area contributed by atoms with E-state index < -0.39 is 0 Å². The van der Waals surface area contributed by atoms with Crippen LogP contribution in [0, 0.1) is 5.92 Å². The van der Waals surface area contributed by atoms with E-state index in [1.165, 1.54) is 0 Å². The van der Waals surface area contributed by atoms with Crippen molar-refractivity contribution in [1.29, 1.82) is 0 Å². The van der Waals surface area contributed by atoms with E-state index in [-0.39, 0.29) is 11.9 Å². The van der Waals surface area contributed by atoms with Gasteiger partial charge in [-0.25, -0.2) is 0 Å². The smallest absolute Gasteiger partial charge is 0.309 e. The topological polar surface area (TPSA) is 63.2 Å². The molecule has 0 unspecified atom stereocenters. The van der Waals surface area contributed by atoms with E-state index in [1.54, 1.807) is 13.1 Å². The van der Waals surface area contributed by atoms with Gasteiger partial charge in [0.25, 0.3) is 0 Å². The average Bonchev–Trinajstić information content (AvgIpc) is 2.63. The van der Waals surface area contributed by atoms with Crippen molar-refractivity contribution in [2.24, 2.45) is 10.9 Å². The molecule has 0 aromatic heterocycles. The Labute approximate surface area is 154 Å². The van der Waals surface area contributed by atoms with Crippen LogP contribution in [0.5, 0.6) is 5.75 Å². The second kappa shape index (κ2) is 10.1. The minimum Gasteiger partial charge on any atom is -0.490 e. The predicted octanol–water partition coefficient (Wildman–Crippen LogP) is 2.57. The molecule has 7 heteroatoms. The Kier molecular flexibility index (Phi) is 7.85. The van der Waals surface area contributed by atoms with Crippen LogP contribution in [0.25, 0.3) is 0 Å². The van der Waals surface area contributed by atoms with Gasteiger partial charge in [-0.2, -0.15) is 0 Å². The first kappa shape index (κ1) is 19.4. The molecule has 25 heavy (non-hydrogen) atoms. The molecule has 1 saturated heterocycles. The van der Waals surface area contributed by atoms with Crippen molar-refractivity contribution in [3.05, 3.63) is 29.3 Å². The van der Waals surface area contributed by atoms with Crippen molar-refractivity contribution in [2.45, 2.75) is 19.8 Å². The molecule has 1 heterocycles. The van der Waals surface area contributed by atoms with Gasteiger partial charge in [-0.15, -0.1) is 0 Å². The highest BCUT2D eigenvalue weighted by Crippen LogP contribution is 2.22. The average molecular weight is 368 g/mol. The molecular weight excluding hydrogens is 342 g/mol. The van der Waals surface area contributed by atoms with E-state index in [0.29, 0.717) is 30.5 Å². The van der Waals surface area contributed by atoms with Crippen molar-refractivity contribution in [3.8, 4) is 5.75 Å². The number of esters is 1. The lowest BCUT2D eigenvalue weighted by Crippen LogP contribution is -2.47. The first-order valence-electron chi connectivity index (χ1n) is 8.65. The van der Waals surface area contributed by atoms with Crippen molar-refractivity contribution in [3.63, 3.8) is 0 Å². The highest BCUT2D eigenvalue weighted by Gasteiger charge is 2.27. The second-order valence-corrected chi connectivity index (χ2v) is 6.17. The highest BCUT2D eigenvalue weighted by atomic mass is 35.5. The molecule has 1 N–H and O–H groups in total. The summed E-state index contributed by atoms with van der Waals surface area (Å²) in [5.74, 6) is 1.41. The van der Waals surface area contributed by atoms with Gasteiger partial charge < -0.3 is 19.7 Å². The van der Waals surface area contributed by atoms with E-state index in [1.807, 2.05) is 25.1 Å². The van der Waals surface area contributed by atoms with Crippen molar-refractivity contribution in [1.82, 2.24) is 10.2 Å². The van der Waals surface area contributed by atoms with Gasteiger partial charge in [-0.1, -0.05) is 23.7 Å². The predicted molar refractivity (Wildman–Crippen MR) is 99.2 cm³/mol. The Morgan fingerprint density at radius 2 is 2.08 bits per heavy atom. The monoisotopic (exact) mass is 367 g/mol. The molecule has 6 nitrogen and oxygen atoms in total. The Balaban J connectivity index is 1.72. The van der Waals surface area contributed by atoms with Gasteiger partial charge in [0.15, 0.2) is 5.96 Å². The maximum Gasteiger partial charge on any atom is 0.309 e. The van der Waals surface area contributed by atoms with Crippen molar-refractivity contribution < 1.29 is 14.3 Å². The number of hydrogen-bond donors (Lipinski definition) is 1. The summed E-state index contributed by atoms with van der Waals surface area (Å²) in [6, 6.07) is 7.41. The summed E-state index contributed by atoms with van der Waals surface area (Å²) in [5.41, 5.74) is 0. The van der Waals surface area contributed by atoms with Crippen LogP contribution in [-0.2, 0) is 9.53 Å². The van der Waals surface area contributed by atoms with Crippen LogP contribution >= 0.6 is 11.6 Å². The lowest BCUT2D eigenvalue weighted by molar-refractivity contribution is -0.149. The molecule has 0 amide bonds. The van der Waals surface area contributed by atoms with Crippen LogP contribution in [0.1, 0.15) is 19.8 Å². The van der Waals surface area contributed by atoms with Crippen molar-refractivity contribution >= 4 is 23.5 Å². The number of nitrogens with one attached hydrogen (secondary N) is 1. The zero-order valence-corrected chi connectivity index (χ0v) is 15.6. The van der Waals surface area contributed by atoms with Gasteiger partial charge in [0.1, 0.15) is 12.4 Å². The molecule has 0 saturated carbocycles. The standard InChI is InChI=1S/C18H26ClN3O3/c1-3-24-17(23)14-8-11-22(12-9-14)18(20-2)21-10-13-25-16-7-5-4-6-15(16)19/h4-7,14H,3,8-13H2,1-2H3,(H,20,21). The van der Waals surface area contributed by atoms with Gasteiger partial charge in [0.05, 0.1) is 24.1 Å². The molecule has 0 aliphatic carbocycles. The number of rotatable bonds is 6. The van der Waals surface area contributed by atoms with E-state index >= 15 is 0 Å². The highest BCUT2D eigenvalue weighted by molar-refractivity contribution is 6.32. The summed E-state index contributed by atoms with van der Waals surface area (Å²) in [6.45, 7) is 4.96. The normalized spacial score (nSPS) is 15.8. The minimum absolute atomic E-state index is 0.00198. The molecule has 0 radical (unpaired) electrons. The molecule has 138 valence electrons. The van der Waals surface area contributed by atoms with E-state index in [2.05, 4.69) is 15.2 Å². The third kappa shape index (κ3) is 5.81. The van der Waals surface area contributed by atoms with Crippen LogP contribution in [-0.4, -0.2) is 56.7 Å². The number of carbonyl (C=O) groups excluding carboxylic acids is 1. The number of hydrogen-bond acceptors (Lipinski definition) is 4. The van der Waals surface area contributed by atoms with Gasteiger partial charge in [0, 0.05) is 20.1 Å². The first-order valence-corrected chi connectivity index (χ1v) is 9.03. The Hall–Kier alpha value is -1.95. The summed E-state index contributed by atoms with van der Waals surface area (Å²) < 4.78 is 10.8. The number of likely N-dealkylation sites (tertiary alicyclic amines) is 1. The quantitative estimate of drug-likeness (QED) is 0.362. The fourth-order valence-corrected chi connectivity index (χ4v) is 3.00. The van der Waals surface area contributed by atoms with Gasteiger partial charge in [-0.05, 0) is 31.9 Å². The third-order valence-electron chi connectivity index (χ3n) is 4.11. The van der Waals surface area contributed by atoms with E-state index in [4.69, 9.17) is 21.1 Å². The summed E-state index contributed by atoms with van der Waals surface area (Å²) in [6.07, 6.45) is 1.57. The number of para-hydroxylation sites is 1. The van der Waals surface area contributed by atoms with Gasteiger partial charge >= 0.3 is 5.97 Å². The summed E-state index contributed by atoms with van der Waals surface area (Å²) in [4.78, 5) is 18.3. The zero-order valence-electron chi connectivity index (χ0n) is 14.8.